The maximum Gasteiger partial charge on any atom is 0.227 e. The zero-order valence-corrected chi connectivity index (χ0v) is 22.6. The standard InChI is InChI=1S/C30H26FN7OS/c1-16-7-8-24(40-16)28-27-23(9-10-33-28)35-29(36-27)26-21-12-18(13-22(31)25(21)37-38-26)19-11-20(15-32-14-19)34-30(39)17-5-3-2-4-6-17/h7-15,17H,2-6H2,1H3,(H,34,39)(H,35,36)(H,37,38). The molecule has 7 rings (SSSR count). The van der Waals surface area contributed by atoms with Gasteiger partial charge in [-0.05, 0) is 61.7 Å². The van der Waals surface area contributed by atoms with E-state index in [0.29, 0.717) is 33.7 Å². The number of hydrogen-bond acceptors (Lipinski definition) is 6. The van der Waals surface area contributed by atoms with Gasteiger partial charge in [0.1, 0.15) is 22.4 Å². The van der Waals surface area contributed by atoms with Gasteiger partial charge in [-0.1, -0.05) is 19.3 Å². The summed E-state index contributed by atoms with van der Waals surface area (Å²) >= 11 is 1.66. The number of hydrogen-bond donors (Lipinski definition) is 3. The fourth-order valence-electron chi connectivity index (χ4n) is 5.49. The van der Waals surface area contributed by atoms with Crippen LogP contribution in [0.25, 0.3) is 55.2 Å². The van der Waals surface area contributed by atoms with Crippen LogP contribution in [0.15, 0.2) is 55.0 Å². The zero-order valence-electron chi connectivity index (χ0n) is 21.8. The minimum atomic E-state index is -0.459. The van der Waals surface area contributed by atoms with Crippen LogP contribution in [0.5, 0.6) is 0 Å². The molecule has 5 aromatic heterocycles. The van der Waals surface area contributed by atoms with Crippen molar-refractivity contribution in [2.45, 2.75) is 39.0 Å². The van der Waals surface area contributed by atoms with Crippen molar-refractivity contribution >= 4 is 44.9 Å². The first-order chi connectivity index (χ1) is 19.5. The number of amides is 1. The summed E-state index contributed by atoms with van der Waals surface area (Å²) in [7, 11) is 0. The van der Waals surface area contributed by atoms with E-state index in [9.17, 15) is 4.79 Å². The predicted molar refractivity (Wildman–Crippen MR) is 155 cm³/mol. The number of H-pyrrole nitrogens is 2. The fourth-order valence-corrected chi connectivity index (χ4v) is 6.36. The van der Waals surface area contributed by atoms with E-state index >= 15 is 4.39 Å². The quantitative estimate of drug-likeness (QED) is 0.209. The molecule has 1 aliphatic carbocycles. The Kier molecular flexibility index (Phi) is 6.11. The average molecular weight is 552 g/mol. The third-order valence-corrected chi connectivity index (χ3v) is 8.55. The van der Waals surface area contributed by atoms with Crippen molar-refractivity contribution in [2.24, 2.45) is 5.92 Å². The van der Waals surface area contributed by atoms with Crippen molar-refractivity contribution in [3.05, 3.63) is 65.7 Å². The number of imidazole rings is 1. The molecule has 5 heterocycles. The van der Waals surface area contributed by atoms with Gasteiger partial charge in [0.05, 0.1) is 22.3 Å². The Morgan fingerprint density at radius 2 is 1.93 bits per heavy atom. The molecule has 1 saturated carbocycles. The smallest absolute Gasteiger partial charge is 0.227 e. The highest BCUT2D eigenvalue weighted by Crippen LogP contribution is 2.35. The summed E-state index contributed by atoms with van der Waals surface area (Å²) in [6.45, 7) is 2.06. The number of aromatic amines is 2. The van der Waals surface area contributed by atoms with Crippen molar-refractivity contribution in [3.8, 4) is 33.2 Å². The van der Waals surface area contributed by atoms with E-state index in [-0.39, 0.29) is 17.3 Å². The number of rotatable bonds is 5. The normalized spacial score (nSPS) is 14.2. The number of aryl methyl sites for hydroxylation is 1. The van der Waals surface area contributed by atoms with Crippen LogP contribution in [-0.2, 0) is 4.79 Å². The molecule has 0 spiro atoms. The molecule has 3 N–H and O–H groups in total. The summed E-state index contributed by atoms with van der Waals surface area (Å²) in [4.78, 5) is 32.1. The molecule has 0 aliphatic heterocycles. The first kappa shape index (κ1) is 24.6. The highest BCUT2D eigenvalue weighted by Gasteiger charge is 2.22. The first-order valence-corrected chi connectivity index (χ1v) is 14.2. The van der Waals surface area contributed by atoms with Crippen LogP contribution < -0.4 is 5.32 Å². The minimum Gasteiger partial charge on any atom is -0.337 e. The molecule has 40 heavy (non-hydrogen) atoms. The number of nitrogens with zero attached hydrogens (tertiary/aromatic N) is 4. The summed E-state index contributed by atoms with van der Waals surface area (Å²) in [6, 6.07) is 11.1. The van der Waals surface area contributed by atoms with Gasteiger partial charge in [-0.3, -0.25) is 19.9 Å². The Hall–Kier alpha value is -4.44. The van der Waals surface area contributed by atoms with Crippen molar-refractivity contribution in [1.29, 1.82) is 0 Å². The third-order valence-electron chi connectivity index (χ3n) is 7.54. The van der Waals surface area contributed by atoms with Gasteiger partial charge in [0, 0.05) is 34.1 Å². The van der Waals surface area contributed by atoms with Gasteiger partial charge in [0.2, 0.25) is 5.91 Å². The summed E-state index contributed by atoms with van der Waals surface area (Å²) in [5.41, 5.74) is 5.09. The number of nitrogens with one attached hydrogen (secondary N) is 3. The number of halogens is 1. The monoisotopic (exact) mass is 551 g/mol. The summed E-state index contributed by atoms with van der Waals surface area (Å²) in [5, 5.41) is 10.8. The lowest BCUT2D eigenvalue weighted by Gasteiger charge is -2.20. The maximum atomic E-state index is 15.3. The van der Waals surface area contributed by atoms with E-state index < -0.39 is 5.82 Å². The third kappa shape index (κ3) is 4.44. The number of anilines is 1. The lowest BCUT2D eigenvalue weighted by molar-refractivity contribution is -0.120. The number of aromatic nitrogens is 6. The number of fused-ring (bicyclic) bond motifs is 2. The molecule has 1 fully saturated rings. The maximum absolute atomic E-state index is 15.3. The fraction of sp³-hybridized carbons (Fsp3) is 0.233. The number of carbonyl (C=O) groups excluding carboxylic acids is 1. The second-order valence-electron chi connectivity index (χ2n) is 10.3. The second-order valence-corrected chi connectivity index (χ2v) is 11.6. The molecule has 1 aliphatic rings. The number of benzene rings is 1. The second kappa shape index (κ2) is 9.95. The van der Waals surface area contributed by atoms with Gasteiger partial charge >= 0.3 is 0 Å². The van der Waals surface area contributed by atoms with E-state index in [1.165, 1.54) is 17.4 Å². The van der Waals surface area contributed by atoms with Gasteiger partial charge < -0.3 is 10.3 Å². The SMILES string of the molecule is Cc1ccc(-c2nccc3[nH]c(-c4[nH]nc5c(F)cc(-c6cncc(NC(=O)C7CCCCC7)c6)cc45)nc23)s1. The zero-order chi connectivity index (χ0) is 27.2. The van der Waals surface area contributed by atoms with Crippen molar-refractivity contribution < 1.29 is 9.18 Å². The first-order valence-electron chi connectivity index (χ1n) is 13.4. The molecule has 0 unspecified atom stereocenters. The van der Waals surface area contributed by atoms with Crippen LogP contribution in [0.2, 0.25) is 0 Å². The van der Waals surface area contributed by atoms with Crippen molar-refractivity contribution in [2.75, 3.05) is 5.32 Å². The van der Waals surface area contributed by atoms with Gasteiger partial charge in [-0.25, -0.2) is 9.37 Å². The Morgan fingerprint density at radius 1 is 1.05 bits per heavy atom. The van der Waals surface area contributed by atoms with Crippen LogP contribution >= 0.6 is 11.3 Å². The highest BCUT2D eigenvalue weighted by atomic mass is 32.1. The summed E-state index contributed by atoms with van der Waals surface area (Å²) < 4.78 is 15.3. The Bertz CT molecular complexity index is 1880. The average Bonchev–Trinajstić information content (AvgIpc) is 3.71. The predicted octanol–water partition coefficient (Wildman–Crippen LogP) is 7.26. The largest absolute Gasteiger partial charge is 0.337 e. The Morgan fingerprint density at radius 3 is 2.75 bits per heavy atom. The molecule has 0 atom stereocenters. The number of carbonyl (C=O) groups is 1. The van der Waals surface area contributed by atoms with Gasteiger partial charge in [-0.2, -0.15) is 5.10 Å². The Balaban J connectivity index is 1.25. The molecule has 200 valence electrons. The van der Waals surface area contributed by atoms with Crippen molar-refractivity contribution in [3.63, 3.8) is 0 Å². The van der Waals surface area contributed by atoms with E-state index in [4.69, 9.17) is 4.98 Å². The molecule has 8 nitrogen and oxygen atoms in total. The molecule has 10 heteroatoms. The molecular weight excluding hydrogens is 525 g/mol. The number of thiophene rings is 1. The van der Waals surface area contributed by atoms with Crippen LogP contribution in [0.1, 0.15) is 37.0 Å². The van der Waals surface area contributed by atoms with Crippen LogP contribution in [0, 0.1) is 18.7 Å². The van der Waals surface area contributed by atoms with E-state index in [0.717, 1.165) is 47.3 Å². The van der Waals surface area contributed by atoms with Crippen molar-refractivity contribution in [1.82, 2.24) is 30.1 Å². The molecule has 1 amide bonds. The van der Waals surface area contributed by atoms with E-state index in [2.05, 4.69) is 43.5 Å². The lowest BCUT2D eigenvalue weighted by atomic mass is 9.88. The molecule has 0 bridgehead atoms. The molecular formula is C30H26FN7OS. The molecule has 0 saturated heterocycles. The van der Waals surface area contributed by atoms with Gasteiger partial charge in [0.15, 0.2) is 11.6 Å². The molecule has 0 radical (unpaired) electrons. The summed E-state index contributed by atoms with van der Waals surface area (Å²) in [6.07, 6.45) is 10.2. The Labute approximate surface area is 233 Å². The van der Waals surface area contributed by atoms with E-state index in [1.807, 2.05) is 24.3 Å². The van der Waals surface area contributed by atoms with E-state index in [1.54, 1.807) is 29.9 Å². The van der Waals surface area contributed by atoms with Gasteiger partial charge in [0.25, 0.3) is 0 Å². The van der Waals surface area contributed by atoms with Gasteiger partial charge in [-0.15, -0.1) is 11.3 Å². The topological polar surface area (TPSA) is 112 Å². The molecule has 6 aromatic rings. The minimum absolute atomic E-state index is 0.0221. The summed E-state index contributed by atoms with van der Waals surface area (Å²) in [5.74, 6) is 0.138. The van der Waals surface area contributed by atoms with Crippen LogP contribution in [-0.4, -0.2) is 36.0 Å². The molecule has 1 aromatic carbocycles. The lowest BCUT2D eigenvalue weighted by Crippen LogP contribution is -2.24. The number of pyridine rings is 2. The highest BCUT2D eigenvalue weighted by molar-refractivity contribution is 7.15. The van der Waals surface area contributed by atoms with Crippen LogP contribution in [0.4, 0.5) is 10.1 Å². The van der Waals surface area contributed by atoms with Crippen LogP contribution in [0.3, 0.4) is 0 Å².